The number of rotatable bonds is 3. The molecule has 5 heteroatoms. The highest BCUT2D eigenvalue weighted by atomic mass is 16.5. The molecule has 5 nitrogen and oxygen atoms in total. The van der Waals surface area contributed by atoms with E-state index in [4.69, 9.17) is 4.74 Å². The van der Waals surface area contributed by atoms with Gasteiger partial charge in [-0.25, -0.2) is 0 Å². The van der Waals surface area contributed by atoms with Crippen LogP contribution in [0.2, 0.25) is 0 Å². The average Bonchev–Trinajstić information content (AvgIpc) is 2.97. The molecule has 1 aromatic carbocycles. The first-order chi connectivity index (χ1) is 11.1. The van der Waals surface area contributed by atoms with Crippen molar-refractivity contribution in [3.63, 3.8) is 0 Å². The predicted octanol–water partition coefficient (Wildman–Crippen LogP) is 2.89. The zero-order chi connectivity index (χ0) is 16.4. The summed E-state index contributed by atoms with van der Waals surface area (Å²) in [6, 6.07) is 7.95. The number of ether oxygens (including phenoxy) is 1. The van der Waals surface area contributed by atoms with Crippen LogP contribution >= 0.6 is 0 Å². The van der Waals surface area contributed by atoms with Crippen molar-refractivity contribution in [3.05, 3.63) is 35.5 Å². The maximum absolute atomic E-state index is 12.7. The van der Waals surface area contributed by atoms with E-state index >= 15 is 0 Å². The highest BCUT2D eigenvalue weighted by Crippen LogP contribution is 2.22. The number of esters is 1. The fourth-order valence-corrected chi connectivity index (χ4v) is 3.14. The van der Waals surface area contributed by atoms with Gasteiger partial charge in [0.1, 0.15) is 5.69 Å². The van der Waals surface area contributed by atoms with Crippen LogP contribution in [0.15, 0.2) is 24.3 Å². The molecular formula is C18H22N2O3. The van der Waals surface area contributed by atoms with Crippen LogP contribution in [-0.2, 0) is 9.53 Å². The topological polar surface area (TPSA) is 62.4 Å². The Balaban J connectivity index is 1.77. The number of carbonyl (C=O) groups excluding carboxylic acids is 2. The van der Waals surface area contributed by atoms with Gasteiger partial charge in [0.25, 0.3) is 5.91 Å². The van der Waals surface area contributed by atoms with E-state index in [-0.39, 0.29) is 17.8 Å². The van der Waals surface area contributed by atoms with Crippen molar-refractivity contribution in [2.45, 2.75) is 26.7 Å². The number of fused-ring (bicyclic) bond motifs is 1. The number of piperidine rings is 1. The summed E-state index contributed by atoms with van der Waals surface area (Å²) in [6.45, 7) is 5.33. The van der Waals surface area contributed by atoms with Gasteiger partial charge in [-0.05, 0) is 44.4 Å². The Kier molecular flexibility index (Phi) is 4.37. The van der Waals surface area contributed by atoms with Crippen molar-refractivity contribution in [2.24, 2.45) is 5.92 Å². The number of hydrogen-bond donors (Lipinski definition) is 1. The molecule has 1 aromatic heterocycles. The second kappa shape index (κ2) is 6.44. The van der Waals surface area contributed by atoms with E-state index in [1.165, 1.54) is 0 Å². The van der Waals surface area contributed by atoms with Gasteiger partial charge in [-0.1, -0.05) is 12.1 Å². The fourth-order valence-electron chi connectivity index (χ4n) is 3.14. The lowest BCUT2D eigenvalue weighted by Crippen LogP contribution is -2.42. The molecule has 0 radical (unpaired) electrons. The first kappa shape index (κ1) is 15.6. The van der Waals surface area contributed by atoms with Gasteiger partial charge in [0.2, 0.25) is 0 Å². The Morgan fingerprint density at radius 2 is 2.17 bits per heavy atom. The van der Waals surface area contributed by atoms with Crippen molar-refractivity contribution in [3.8, 4) is 0 Å². The molecule has 0 bridgehead atoms. The molecule has 122 valence electrons. The third-order valence-electron chi connectivity index (χ3n) is 4.34. The number of amides is 1. The lowest BCUT2D eigenvalue weighted by atomic mass is 9.98. The maximum atomic E-state index is 12.7. The molecule has 1 atom stereocenters. The Morgan fingerprint density at radius 3 is 2.96 bits per heavy atom. The number of aromatic amines is 1. The van der Waals surface area contributed by atoms with Crippen LogP contribution in [0, 0.1) is 12.8 Å². The molecule has 0 spiro atoms. The van der Waals surface area contributed by atoms with Gasteiger partial charge in [0.15, 0.2) is 0 Å². The van der Waals surface area contributed by atoms with Gasteiger partial charge in [-0.15, -0.1) is 0 Å². The minimum atomic E-state index is -0.209. The number of aryl methyl sites for hydroxylation is 1. The summed E-state index contributed by atoms with van der Waals surface area (Å²) in [5.41, 5.74) is 2.70. The molecule has 2 heterocycles. The van der Waals surface area contributed by atoms with Crippen molar-refractivity contribution >= 4 is 22.8 Å². The van der Waals surface area contributed by atoms with E-state index in [1.807, 2.05) is 31.2 Å². The van der Waals surface area contributed by atoms with Crippen molar-refractivity contribution in [1.82, 2.24) is 9.88 Å². The molecule has 1 aliphatic rings. The number of carbonyl (C=O) groups is 2. The van der Waals surface area contributed by atoms with Crippen molar-refractivity contribution < 1.29 is 14.3 Å². The summed E-state index contributed by atoms with van der Waals surface area (Å²) in [4.78, 5) is 29.6. The summed E-state index contributed by atoms with van der Waals surface area (Å²) in [7, 11) is 0. The minimum Gasteiger partial charge on any atom is -0.466 e. The number of benzene rings is 1. The normalized spacial score (nSPS) is 18.2. The molecule has 0 aliphatic carbocycles. The zero-order valence-electron chi connectivity index (χ0n) is 13.6. The quantitative estimate of drug-likeness (QED) is 0.886. The number of nitrogens with one attached hydrogen (secondary N) is 1. The van der Waals surface area contributed by atoms with Crippen LogP contribution < -0.4 is 0 Å². The summed E-state index contributed by atoms with van der Waals surface area (Å²) >= 11 is 0. The number of hydrogen-bond acceptors (Lipinski definition) is 3. The lowest BCUT2D eigenvalue weighted by Gasteiger charge is -2.31. The van der Waals surface area contributed by atoms with Gasteiger partial charge >= 0.3 is 5.97 Å². The molecule has 3 rings (SSSR count). The van der Waals surface area contributed by atoms with E-state index in [2.05, 4.69) is 4.98 Å². The smallest absolute Gasteiger partial charge is 0.310 e. The van der Waals surface area contributed by atoms with E-state index in [0.717, 1.165) is 29.3 Å². The maximum Gasteiger partial charge on any atom is 0.310 e. The summed E-state index contributed by atoms with van der Waals surface area (Å²) in [6.07, 6.45) is 1.61. The summed E-state index contributed by atoms with van der Waals surface area (Å²) < 4.78 is 5.09. The van der Waals surface area contributed by atoms with Crippen LogP contribution in [0.1, 0.15) is 35.8 Å². The lowest BCUT2D eigenvalue weighted by molar-refractivity contribution is -0.149. The largest absolute Gasteiger partial charge is 0.466 e. The standard InChI is InChI=1S/C18H22N2O3/c1-3-23-18(22)14-5-4-8-20(11-14)17(21)16-10-13-7-6-12(2)9-15(13)19-16/h6-7,9-10,14,19H,3-5,8,11H2,1-2H3/t14-/m0/s1. The minimum absolute atomic E-state index is 0.0483. The highest BCUT2D eigenvalue weighted by Gasteiger charge is 2.30. The van der Waals surface area contributed by atoms with E-state index in [1.54, 1.807) is 11.8 Å². The molecule has 1 amide bonds. The van der Waals surface area contributed by atoms with E-state index in [0.29, 0.717) is 25.4 Å². The van der Waals surface area contributed by atoms with Crippen LogP contribution in [0.25, 0.3) is 10.9 Å². The SMILES string of the molecule is CCOC(=O)[C@H]1CCCN(C(=O)c2cc3ccc(C)cc3[nH]2)C1. The van der Waals surface area contributed by atoms with Crippen LogP contribution in [-0.4, -0.2) is 41.5 Å². The van der Waals surface area contributed by atoms with Gasteiger partial charge in [-0.3, -0.25) is 9.59 Å². The third-order valence-corrected chi connectivity index (χ3v) is 4.34. The van der Waals surface area contributed by atoms with Crippen molar-refractivity contribution in [1.29, 1.82) is 0 Å². The second-order valence-corrected chi connectivity index (χ2v) is 6.12. The zero-order valence-corrected chi connectivity index (χ0v) is 13.6. The van der Waals surface area contributed by atoms with E-state index in [9.17, 15) is 9.59 Å². The Morgan fingerprint density at radius 1 is 1.35 bits per heavy atom. The first-order valence-electron chi connectivity index (χ1n) is 8.13. The number of H-pyrrole nitrogens is 1. The molecule has 1 fully saturated rings. The van der Waals surface area contributed by atoms with Gasteiger partial charge in [-0.2, -0.15) is 0 Å². The molecule has 23 heavy (non-hydrogen) atoms. The van der Waals surface area contributed by atoms with Gasteiger partial charge in [0, 0.05) is 24.0 Å². The molecule has 0 unspecified atom stereocenters. The first-order valence-corrected chi connectivity index (χ1v) is 8.13. The highest BCUT2D eigenvalue weighted by molar-refractivity contribution is 5.98. The molecular weight excluding hydrogens is 292 g/mol. The van der Waals surface area contributed by atoms with Crippen LogP contribution in [0.3, 0.4) is 0 Å². The molecule has 0 saturated carbocycles. The number of likely N-dealkylation sites (tertiary alicyclic amines) is 1. The van der Waals surface area contributed by atoms with Gasteiger partial charge in [0.05, 0.1) is 12.5 Å². The monoisotopic (exact) mass is 314 g/mol. The molecule has 1 N–H and O–H groups in total. The number of aromatic nitrogens is 1. The number of nitrogens with zero attached hydrogens (tertiary/aromatic N) is 1. The van der Waals surface area contributed by atoms with E-state index < -0.39 is 0 Å². The summed E-state index contributed by atoms with van der Waals surface area (Å²) in [5, 5.41) is 1.03. The van der Waals surface area contributed by atoms with Crippen LogP contribution in [0.4, 0.5) is 0 Å². The Hall–Kier alpha value is -2.30. The molecule has 1 aliphatic heterocycles. The second-order valence-electron chi connectivity index (χ2n) is 6.12. The van der Waals surface area contributed by atoms with Crippen molar-refractivity contribution in [2.75, 3.05) is 19.7 Å². The predicted molar refractivity (Wildman–Crippen MR) is 88.3 cm³/mol. The Bertz CT molecular complexity index is 735. The molecule has 1 saturated heterocycles. The van der Waals surface area contributed by atoms with Gasteiger partial charge < -0.3 is 14.6 Å². The molecule has 2 aromatic rings. The Labute approximate surface area is 135 Å². The van der Waals surface area contributed by atoms with Crippen LogP contribution in [0.5, 0.6) is 0 Å². The summed E-state index contributed by atoms with van der Waals surface area (Å²) in [5.74, 6) is -0.454. The average molecular weight is 314 g/mol. The fraction of sp³-hybridized carbons (Fsp3) is 0.444. The third kappa shape index (κ3) is 3.23.